The van der Waals surface area contributed by atoms with Crippen molar-refractivity contribution in [3.05, 3.63) is 70.2 Å². The van der Waals surface area contributed by atoms with Gasteiger partial charge in [-0.05, 0) is 35.2 Å². The van der Waals surface area contributed by atoms with E-state index in [0.29, 0.717) is 18.1 Å². The Hall–Kier alpha value is -1.35. The van der Waals surface area contributed by atoms with Crippen molar-refractivity contribution >= 4 is 11.6 Å². The number of aliphatic hydroxyl groups excluding tert-OH is 1. The summed E-state index contributed by atoms with van der Waals surface area (Å²) in [4.78, 5) is 0. The molecule has 0 fully saturated rings. The lowest BCUT2D eigenvalue weighted by molar-refractivity contribution is 0.178. The third-order valence-corrected chi connectivity index (χ3v) is 3.51. The zero-order valence-corrected chi connectivity index (χ0v) is 12.3. The van der Waals surface area contributed by atoms with E-state index >= 15 is 0 Å². The van der Waals surface area contributed by atoms with Crippen LogP contribution in [0.15, 0.2) is 48.5 Å². The Bertz CT molecular complexity index is 537. The second-order valence-electron chi connectivity index (χ2n) is 4.83. The van der Waals surface area contributed by atoms with E-state index < -0.39 is 6.10 Å². The molecule has 106 valence electrons. The fraction of sp³-hybridized carbons (Fsp3) is 0.294. The predicted molar refractivity (Wildman–Crippen MR) is 82.1 cm³/mol. The Morgan fingerprint density at radius 1 is 1.10 bits per heavy atom. The van der Waals surface area contributed by atoms with Crippen LogP contribution in [0.3, 0.4) is 0 Å². The van der Waals surface area contributed by atoms with Gasteiger partial charge in [0.25, 0.3) is 0 Å². The van der Waals surface area contributed by atoms with Crippen LogP contribution in [-0.2, 0) is 17.6 Å². The second-order valence-corrected chi connectivity index (χ2v) is 5.27. The average molecular weight is 291 g/mol. The minimum Gasteiger partial charge on any atom is -0.388 e. The van der Waals surface area contributed by atoms with Gasteiger partial charge in [0.15, 0.2) is 0 Å². The molecule has 20 heavy (non-hydrogen) atoms. The molecule has 0 heterocycles. The first kappa shape index (κ1) is 15.0. The number of methoxy groups -OCH3 is 1. The summed E-state index contributed by atoms with van der Waals surface area (Å²) >= 11 is 5.95. The molecule has 0 aliphatic carbocycles. The van der Waals surface area contributed by atoms with Crippen LogP contribution in [0.2, 0.25) is 5.02 Å². The molecule has 0 spiro atoms. The molecule has 2 nitrogen and oxygen atoms in total. The van der Waals surface area contributed by atoms with E-state index in [1.807, 2.05) is 48.5 Å². The number of ether oxygens (including phenoxy) is 1. The van der Waals surface area contributed by atoms with Gasteiger partial charge in [-0.15, -0.1) is 0 Å². The lowest BCUT2D eigenvalue weighted by Crippen LogP contribution is -2.02. The number of benzene rings is 2. The SMILES string of the molecule is COCCc1ccc(C(O)Cc2cccc(Cl)c2)cc1. The molecule has 2 aromatic rings. The molecule has 0 aromatic heterocycles. The van der Waals surface area contributed by atoms with Crippen molar-refractivity contribution in [1.29, 1.82) is 0 Å². The van der Waals surface area contributed by atoms with Crippen molar-refractivity contribution in [2.24, 2.45) is 0 Å². The highest BCUT2D eigenvalue weighted by atomic mass is 35.5. The van der Waals surface area contributed by atoms with Crippen LogP contribution in [0.4, 0.5) is 0 Å². The van der Waals surface area contributed by atoms with Crippen LogP contribution < -0.4 is 0 Å². The van der Waals surface area contributed by atoms with Crippen molar-refractivity contribution in [3.63, 3.8) is 0 Å². The van der Waals surface area contributed by atoms with E-state index in [4.69, 9.17) is 16.3 Å². The zero-order chi connectivity index (χ0) is 14.4. The maximum absolute atomic E-state index is 10.3. The average Bonchev–Trinajstić information content (AvgIpc) is 2.45. The molecule has 0 radical (unpaired) electrons. The molecule has 1 atom stereocenters. The lowest BCUT2D eigenvalue weighted by Gasteiger charge is -2.12. The summed E-state index contributed by atoms with van der Waals surface area (Å²) in [7, 11) is 1.70. The van der Waals surface area contributed by atoms with E-state index in [-0.39, 0.29) is 0 Å². The van der Waals surface area contributed by atoms with Crippen LogP contribution in [-0.4, -0.2) is 18.8 Å². The maximum Gasteiger partial charge on any atom is 0.0830 e. The van der Waals surface area contributed by atoms with Gasteiger partial charge in [0.05, 0.1) is 12.7 Å². The monoisotopic (exact) mass is 290 g/mol. The normalized spacial score (nSPS) is 12.3. The highest BCUT2D eigenvalue weighted by Gasteiger charge is 2.09. The second kappa shape index (κ2) is 7.44. The summed E-state index contributed by atoms with van der Waals surface area (Å²) in [5, 5.41) is 11.0. The molecule has 2 aromatic carbocycles. The van der Waals surface area contributed by atoms with Crippen molar-refractivity contribution in [2.75, 3.05) is 13.7 Å². The number of rotatable bonds is 6. The minimum atomic E-state index is -0.509. The molecule has 0 aliphatic heterocycles. The first-order chi connectivity index (χ1) is 9.69. The molecule has 1 unspecified atom stereocenters. The van der Waals surface area contributed by atoms with Gasteiger partial charge in [-0.2, -0.15) is 0 Å². The van der Waals surface area contributed by atoms with Gasteiger partial charge in [0, 0.05) is 18.6 Å². The van der Waals surface area contributed by atoms with E-state index in [2.05, 4.69) is 0 Å². The largest absolute Gasteiger partial charge is 0.388 e. The summed E-state index contributed by atoms with van der Waals surface area (Å²) in [6, 6.07) is 15.6. The highest BCUT2D eigenvalue weighted by Crippen LogP contribution is 2.20. The van der Waals surface area contributed by atoms with Gasteiger partial charge in [0.1, 0.15) is 0 Å². The van der Waals surface area contributed by atoms with Crippen LogP contribution in [0.1, 0.15) is 22.8 Å². The van der Waals surface area contributed by atoms with Gasteiger partial charge < -0.3 is 9.84 Å². The predicted octanol–water partition coefficient (Wildman–Crippen LogP) is 3.81. The zero-order valence-electron chi connectivity index (χ0n) is 11.6. The molecule has 0 bridgehead atoms. The standard InChI is InChI=1S/C17H19ClO2/c1-20-10-9-13-5-7-15(8-6-13)17(19)12-14-3-2-4-16(18)11-14/h2-8,11,17,19H,9-10,12H2,1H3. The Morgan fingerprint density at radius 3 is 2.50 bits per heavy atom. The molecule has 0 saturated carbocycles. The van der Waals surface area contributed by atoms with Gasteiger partial charge in [0.2, 0.25) is 0 Å². The van der Waals surface area contributed by atoms with E-state index in [9.17, 15) is 5.11 Å². The Morgan fingerprint density at radius 2 is 1.85 bits per heavy atom. The molecule has 0 aliphatic rings. The lowest BCUT2D eigenvalue weighted by atomic mass is 10.00. The van der Waals surface area contributed by atoms with Crippen molar-refractivity contribution in [3.8, 4) is 0 Å². The van der Waals surface area contributed by atoms with Crippen LogP contribution >= 0.6 is 11.6 Å². The van der Waals surface area contributed by atoms with E-state index in [1.165, 1.54) is 5.56 Å². The van der Waals surface area contributed by atoms with Crippen molar-refractivity contribution in [1.82, 2.24) is 0 Å². The molecule has 0 amide bonds. The third-order valence-electron chi connectivity index (χ3n) is 3.28. The summed E-state index contributed by atoms with van der Waals surface area (Å²) in [6.45, 7) is 0.713. The number of hydrogen-bond acceptors (Lipinski definition) is 2. The van der Waals surface area contributed by atoms with Gasteiger partial charge in [-0.25, -0.2) is 0 Å². The van der Waals surface area contributed by atoms with E-state index in [0.717, 1.165) is 17.5 Å². The number of hydrogen-bond donors (Lipinski definition) is 1. The van der Waals surface area contributed by atoms with Gasteiger partial charge >= 0.3 is 0 Å². The van der Waals surface area contributed by atoms with Gasteiger partial charge in [-0.3, -0.25) is 0 Å². The van der Waals surface area contributed by atoms with E-state index in [1.54, 1.807) is 7.11 Å². The summed E-state index contributed by atoms with van der Waals surface area (Å²) in [5.41, 5.74) is 3.17. The summed E-state index contributed by atoms with van der Waals surface area (Å²) in [5.74, 6) is 0. The highest BCUT2D eigenvalue weighted by molar-refractivity contribution is 6.30. The fourth-order valence-corrected chi connectivity index (χ4v) is 2.34. The maximum atomic E-state index is 10.3. The minimum absolute atomic E-state index is 0.509. The molecular formula is C17H19ClO2. The third kappa shape index (κ3) is 4.34. The van der Waals surface area contributed by atoms with Crippen LogP contribution in [0.25, 0.3) is 0 Å². The van der Waals surface area contributed by atoms with Crippen molar-refractivity contribution < 1.29 is 9.84 Å². The Labute approximate surface area is 125 Å². The molecule has 1 N–H and O–H groups in total. The quantitative estimate of drug-likeness (QED) is 0.877. The fourth-order valence-electron chi connectivity index (χ4n) is 2.13. The van der Waals surface area contributed by atoms with Crippen LogP contribution in [0.5, 0.6) is 0 Å². The Balaban J connectivity index is 2.00. The molecule has 0 saturated heterocycles. The van der Waals surface area contributed by atoms with Crippen LogP contribution in [0, 0.1) is 0 Å². The molecule has 3 heteroatoms. The first-order valence-corrected chi connectivity index (χ1v) is 7.07. The summed E-state index contributed by atoms with van der Waals surface area (Å²) < 4.78 is 5.05. The smallest absolute Gasteiger partial charge is 0.0830 e. The molecular weight excluding hydrogens is 272 g/mol. The van der Waals surface area contributed by atoms with Gasteiger partial charge in [-0.1, -0.05) is 48.0 Å². The molecule has 2 rings (SSSR count). The first-order valence-electron chi connectivity index (χ1n) is 6.69. The van der Waals surface area contributed by atoms with Crippen molar-refractivity contribution in [2.45, 2.75) is 18.9 Å². The Kier molecular flexibility index (Phi) is 5.60. The summed E-state index contributed by atoms with van der Waals surface area (Å²) in [6.07, 6.45) is 0.948. The number of aliphatic hydroxyl groups is 1. The topological polar surface area (TPSA) is 29.5 Å². The number of halogens is 1.